The molecule has 2 rings (SSSR count). The van der Waals surface area contributed by atoms with Gasteiger partial charge in [0, 0.05) is 12.7 Å². The van der Waals surface area contributed by atoms with E-state index in [1.54, 1.807) is 0 Å². The van der Waals surface area contributed by atoms with E-state index in [0.717, 1.165) is 25.2 Å². The standard InChI is InChI=1S/C15H22N2O.ClH/c1-5-17(6-2)13-10-12-9-7-8-11(3)14(12)16(4)15(13)18;/h7-9,13H,5-6,10H2,1-4H3;1H. The average molecular weight is 283 g/mol. The number of anilines is 1. The molecule has 106 valence electrons. The molecule has 0 spiro atoms. The van der Waals surface area contributed by atoms with Crippen LogP contribution in [-0.2, 0) is 11.2 Å². The monoisotopic (exact) mass is 282 g/mol. The highest BCUT2D eigenvalue weighted by atomic mass is 35.5. The van der Waals surface area contributed by atoms with Crippen LogP contribution in [0.4, 0.5) is 5.69 Å². The summed E-state index contributed by atoms with van der Waals surface area (Å²) in [6.45, 7) is 8.13. The highest BCUT2D eigenvalue weighted by Gasteiger charge is 2.34. The van der Waals surface area contributed by atoms with E-state index in [9.17, 15) is 4.79 Å². The first-order valence-corrected chi connectivity index (χ1v) is 6.70. The van der Waals surface area contributed by atoms with E-state index in [1.165, 1.54) is 11.1 Å². The third-order valence-corrected chi connectivity index (χ3v) is 3.94. The van der Waals surface area contributed by atoms with Crippen LogP contribution in [0.25, 0.3) is 0 Å². The summed E-state index contributed by atoms with van der Waals surface area (Å²) in [6.07, 6.45) is 0.835. The van der Waals surface area contributed by atoms with Crippen molar-refractivity contribution in [2.24, 2.45) is 0 Å². The van der Waals surface area contributed by atoms with E-state index in [2.05, 4.69) is 43.9 Å². The summed E-state index contributed by atoms with van der Waals surface area (Å²) in [7, 11) is 1.89. The predicted octanol–water partition coefficient (Wildman–Crippen LogP) is 2.65. The minimum absolute atomic E-state index is 0. The van der Waals surface area contributed by atoms with Gasteiger partial charge in [0.2, 0.25) is 5.91 Å². The molecule has 0 saturated heterocycles. The summed E-state index contributed by atoms with van der Waals surface area (Å²) in [5.41, 5.74) is 3.57. The van der Waals surface area contributed by atoms with Crippen LogP contribution in [0.5, 0.6) is 0 Å². The summed E-state index contributed by atoms with van der Waals surface area (Å²) < 4.78 is 0. The number of benzene rings is 1. The van der Waals surface area contributed by atoms with Crippen molar-refractivity contribution in [3.63, 3.8) is 0 Å². The molecule has 1 atom stereocenters. The molecular formula is C15H23ClN2O. The molecule has 0 N–H and O–H groups in total. The zero-order valence-corrected chi connectivity index (χ0v) is 13.0. The van der Waals surface area contributed by atoms with Crippen molar-refractivity contribution in [2.75, 3.05) is 25.0 Å². The van der Waals surface area contributed by atoms with Gasteiger partial charge < -0.3 is 4.90 Å². The zero-order valence-electron chi connectivity index (χ0n) is 12.1. The molecule has 1 heterocycles. The number of likely N-dealkylation sites (N-methyl/N-ethyl adjacent to an activating group) is 2. The lowest BCUT2D eigenvalue weighted by molar-refractivity contribution is -0.123. The fourth-order valence-electron chi connectivity index (χ4n) is 2.94. The van der Waals surface area contributed by atoms with Crippen molar-refractivity contribution in [3.05, 3.63) is 29.3 Å². The van der Waals surface area contributed by atoms with Crippen molar-refractivity contribution in [3.8, 4) is 0 Å². The Labute approximate surface area is 122 Å². The van der Waals surface area contributed by atoms with Crippen LogP contribution < -0.4 is 4.90 Å². The summed E-state index contributed by atoms with van der Waals surface area (Å²) in [5, 5.41) is 0. The lowest BCUT2D eigenvalue weighted by Gasteiger charge is -2.37. The maximum atomic E-state index is 12.5. The smallest absolute Gasteiger partial charge is 0.244 e. The van der Waals surface area contributed by atoms with Gasteiger partial charge in [-0.25, -0.2) is 0 Å². The van der Waals surface area contributed by atoms with Gasteiger partial charge in [-0.05, 0) is 37.6 Å². The molecule has 1 aliphatic heterocycles. The second kappa shape index (κ2) is 6.40. The maximum Gasteiger partial charge on any atom is 0.244 e. The Morgan fingerprint density at radius 3 is 2.53 bits per heavy atom. The summed E-state index contributed by atoms with van der Waals surface area (Å²) >= 11 is 0. The van der Waals surface area contributed by atoms with Crippen LogP contribution in [0.2, 0.25) is 0 Å². The van der Waals surface area contributed by atoms with E-state index in [1.807, 2.05) is 11.9 Å². The number of aryl methyl sites for hydroxylation is 1. The van der Waals surface area contributed by atoms with Crippen LogP contribution in [0, 0.1) is 6.92 Å². The first kappa shape index (κ1) is 16.0. The number of carbonyl (C=O) groups is 1. The Kier molecular flexibility index (Phi) is 5.39. The van der Waals surface area contributed by atoms with E-state index in [0.29, 0.717) is 0 Å². The molecule has 0 aromatic heterocycles. The number of hydrogen-bond donors (Lipinski definition) is 0. The molecule has 0 saturated carbocycles. The lowest BCUT2D eigenvalue weighted by atomic mass is 9.94. The molecule has 4 heteroatoms. The summed E-state index contributed by atoms with van der Waals surface area (Å²) in [6, 6.07) is 6.29. The van der Waals surface area contributed by atoms with Crippen molar-refractivity contribution >= 4 is 24.0 Å². The van der Waals surface area contributed by atoms with Gasteiger partial charge in [0.25, 0.3) is 0 Å². The number of rotatable bonds is 3. The van der Waals surface area contributed by atoms with Crippen LogP contribution in [0.15, 0.2) is 18.2 Å². The van der Waals surface area contributed by atoms with E-state index in [-0.39, 0.29) is 24.4 Å². The second-order valence-corrected chi connectivity index (χ2v) is 4.92. The molecule has 0 aliphatic carbocycles. The van der Waals surface area contributed by atoms with Gasteiger partial charge in [0.15, 0.2) is 0 Å². The summed E-state index contributed by atoms with van der Waals surface area (Å²) in [4.78, 5) is 16.6. The van der Waals surface area contributed by atoms with E-state index >= 15 is 0 Å². The molecular weight excluding hydrogens is 260 g/mol. The van der Waals surface area contributed by atoms with Crippen molar-refractivity contribution in [1.82, 2.24) is 4.90 Å². The van der Waals surface area contributed by atoms with Crippen LogP contribution in [0.1, 0.15) is 25.0 Å². The highest BCUT2D eigenvalue weighted by Crippen LogP contribution is 2.31. The van der Waals surface area contributed by atoms with Crippen LogP contribution in [0.3, 0.4) is 0 Å². The molecule has 1 amide bonds. The molecule has 0 radical (unpaired) electrons. The van der Waals surface area contributed by atoms with E-state index < -0.39 is 0 Å². The normalized spacial score (nSPS) is 18.3. The van der Waals surface area contributed by atoms with Gasteiger partial charge in [0.05, 0.1) is 6.04 Å². The van der Waals surface area contributed by atoms with Crippen molar-refractivity contribution in [1.29, 1.82) is 0 Å². The number of nitrogens with zero attached hydrogens (tertiary/aromatic N) is 2. The van der Waals surface area contributed by atoms with Crippen molar-refractivity contribution < 1.29 is 4.79 Å². The number of fused-ring (bicyclic) bond motifs is 1. The highest BCUT2D eigenvalue weighted by molar-refractivity contribution is 6.00. The predicted molar refractivity (Wildman–Crippen MR) is 82.3 cm³/mol. The molecule has 1 aliphatic rings. The number of carbonyl (C=O) groups excluding carboxylic acids is 1. The average Bonchev–Trinajstić information content (AvgIpc) is 2.36. The van der Waals surface area contributed by atoms with Crippen LogP contribution in [-0.4, -0.2) is 37.0 Å². The van der Waals surface area contributed by atoms with Crippen LogP contribution >= 0.6 is 12.4 Å². The van der Waals surface area contributed by atoms with Gasteiger partial charge in [-0.3, -0.25) is 9.69 Å². The van der Waals surface area contributed by atoms with Gasteiger partial charge in [-0.15, -0.1) is 12.4 Å². The second-order valence-electron chi connectivity index (χ2n) is 4.92. The number of hydrogen-bond acceptors (Lipinski definition) is 2. The third-order valence-electron chi connectivity index (χ3n) is 3.94. The first-order valence-electron chi connectivity index (χ1n) is 6.70. The third kappa shape index (κ3) is 2.77. The molecule has 19 heavy (non-hydrogen) atoms. The molecule has 3 nitrogen and oxygen atoms in total. The molecule has 1 unspecified atom stereocenters. The Morgan fingerprint density at radius 2 is 1.95 bits per heavy atom. The zero-order chi connectivity index (χ0) is 13.3. The lowest BCUT2D eigenvalue weighted by Crippen LogP contribution is -2.51. The van der Waals surface area contributed by atoms with Gasteiger partial charge in [0.1, 0.15) is 0 Å². The van der Waals surface area contributed by atoms with E-state index in [4.69, 9.17) is 0 Å². The Balaban J connectivity index is 0.00000180. The molecule has 0 fully saturated rings. The quantitative estimate of drug-likeness (QED) is 0.851. The minimum Gasteiger partial charge on any atom is -0.314 e. The van der Waals surface area contributed by atoms with Gasteiger partial charge in [-0.1, -0.05) is 32.0 Å². The Morgan fingerprint density at radius 1 is 1.32 bits per heavy atom. The van der Waals surface area contributed by atoms with Crippen molar-refractivity contribution in [2.45, 2.75) is 33.2 Å². The number of amides is 1. The SMILES string of the molecule is CCN(CC)C1Cc2cccc(C)c2N(C)C1=O.Cl. The maximum absolute atomic E-state index is 12.5. The first-order chi connectivity index (χ1) is 8.60. The van der Waals surface area contributed by atoms with Gasteiger partial charge in [-0.2, -0.15) is 0 Å². The largest absolute Gasteiger partial charge is 0.314 e. The van der Waals surface area contributed by atoms with Gasteiger partial charge >= 0.3 is 0 Å². The minimum atomic E-state index is -0.000648. The fourth-order valence-corrected chi connectivity index (χ4v) is 2.94. The Hall–Kier alpha value is -1.06. The fraction of sp³-hybridized carbons (Fsp3) is 0.533. The molecule has 1 aromatic carbocycles. The molecule has 1 aromatic rings. The summed E-state index contributed by atoms with van der Waals surface area (Å²) in [5.74, 6) is 0.223. The molecule has 0 bridgehead atoms. The number of halogens is 1. The Bertz CT molecular complexity index is 457. The topological polar surface area (TPSA) is 23.6 Å². The number of para-hydroxylation sites is 1.